The molecule has 0 aliphatic rings. The van der Waals surface area contributed by atoms with Crippen LogP contribution in [-0.4, -0.2) is 40.0 Å². The fraction of sp³-hybridized carbons (Fsp3) is 0.261. The summed E-state index contributed by atoms with van der Waals surface area (Å²) in [7, 11) is -1.69. The molecular formula is C23H26N3O4P. The third kappa shape index (κ3) is 6.31. The zero-order valence-corrected chi connectivity index (χ0v) is 18.5. The van der Waals surface area contributed by atoms with Gasteiger partial charge in [-0.2, -0.15) is 0 Å². The second-order valence-corrected chi connectivity index (χ2v) is 8.19. The van der Waals surface area contributed by atoms with E-state index in [1.807, 2.05) is 74.5 Å². The van der Waals surface area contributed by atoms with Gasteiger partial charge in [0, 0.05) is 12.0 Å². The number of nitrogens with one attached hydrogen (secondary N) is 1. The molecule has 0 saturated heterocycles. The predicted molar refractivity (Wildman–Crippen MR) is 122 cm³/mol. The smallest absolute Gasteiger partial charge is 0.335 e. The van der Waals surface area contributed by atoms with Gasteiger partial charge in [0.15, 0.2) is 5.78 Å². The summed E-state index contributed by atoms with van der Waals surface area (Å²) in [5.41, 5.74) is 3.37. The number of aromatic nitrogens is 2. The lowest BCUT2D eigenvalue weighted by Gasteiger charge is -2.24. The number of anilines is 1. The molecule has 3 aromatic rings. The summed E-state index contributed by atoms with van der Waals surface area (Å²) >= 11 is 0. The molecular weight excluding hydrogens is 413 g/mol. The van der Waals surface area contributed by atoms with Crippen molar-refractivity contribution in [3.05, 3.63) is 78.1 Å². The summed E-state index contributed by atoms with van der Waals surface area (Å²) in [5, 5.41) is 12.8. The number of aliphatic carboxylic acids is 1. The maximum Gasteiger partial charge on any atom is 0.335 e. The van der Waals surface area contributed by atoms with E-state index < -0.39 is 20.1 Å². The van der Waals surface area contributed by atoms with Gasteiger partial charge in [0.2, 0.25) is 8.38 Å². The molecule has 3 rings (SSSR count). The van der Waals surface area contributed by atoms with Crippen molar-refractivity contribution in [3.8, 4) is 11.3 Å². The number of hydrogen-bond acceptors (Lipinski definition) is 6. The van der Waals surface area contributed by atoms with E-state index in [1.54, 1.807) is 6.20 Å². The Balaban J connectivity index is 1.97. The summed E-state index contributed by atoms with van der Waals surface area (Å²) in [6.07, 6.45) is 2.15. The lowest BCUT2D eigenvalue weighted by atomic mass is 10.1. The second kappa shape index (κ2) is 11.5. The summed E-state index contributed by atoms with van der Waals surface area (Å²) < 4.78 is 11.2. The molecule has 162 valence electrons. The van der Waals surface area contributed by atoms with E-state index in [9.17, 15) is 9.90 Å². The Kier molecular flexibility index (Phi) is 8.47. The Hall–Kier alpha value is -2.86. The molecule has 1 atom stereocenters. The first-order chi connectivity index (χ1) is 15.1. The van der Waals surface area contributed by atoms with Crippen LogP contribution in [0.5, 0.6) is 0 Å². The lowest BCUT2D eigenvalue weighted by molar-refractivity contribution is -0.136. The van der Waals surface area contributed by atoms with Crippen molar-refractivity contribution in [2.75, 3.05) is 18.5 Å². The number of carboxylic acid groups (broad SMARTS) is 1. The van der Waals surface area contributed by atoms with E-state index in [0.29, 0.717) is 31.1 Å². The zero-order chi connectivity index (χ0) is 22.1. The number of carbonyl (C=O) groups is 1. The molecule has 0 aliphatic carbocycles. The summed E-state index contributed by atoms with van der Waals surface area (Å²) in [5.74, 6) is -1.73. The second-order valence-electron chi connectivity index (χ2n) is 6.58. The van der Waals surface area contributed by atoms with Gasteiger partial charge in [-0.3, -0.25) is 0 Å². The molecule has 1 aromatic heterocycles. The highest BCUT2D eigenvalue weighted by molar-refractivity contribution is 7.49. The van der Waals surface area contributed by atoms with Crippen molar-refractivity contribution >= 4 is 20.2 Å². The third-order valence-electron chi connectivity index (χ3n) is 4.36. The molecule has 0 radical (unpaired) electrons. The third-order valence-corrected chi connectivity index (χ3v) is 6.16. The normalized spacial score (nSPS) is 12.0. The van der Waals surface area contributed by atoms with Crippen molar-refractivity contribution in [1.82, 2.24) is 9.97 Å². The van der Waals surface area contributed by atoms with E-state index >= 15 is 0 Å². The van der Waals surface area contributed by atoms with Crippen LogP contribution in [0.15, 0.2) is 66.9 Å². The van der Waals surface area contributed by atoms with Crippen LogP contribution in [0, 0.1) is 0 Å². The molecule has 0 bridgehead atoms. The van der Waals surface area contributed by atoms with Gasteiger partial charge in [-0.05, 0) is 19.4 Å². The largest absolute Gasteiger partial charge is 0.479 e. The Bertz CT molecular complexity index is 967. The predicted octanol–water partition coefficient (Wildman–Crippen LogP) is 4.94. The fourth-order valence-corrected chi connectivity index (χ4v) is 4.27. The van der Waals surface area contributed by atoms with Gasteiger partial charge in [-0.1, -0.05) is 60.7 Å². The zero-order valence-electron chi connectivity index (χ0n) is 17.6. The van der Waals surface area contributed by atoms with Crippen LogP contribution >= 0.6 is 8.38 Å². The number of nitrogens with zero attached hydrogens (tertiary/aromatic N) is 2. The molecule has 0 amide bonds. The Morgan fingerprint density at radius 2 is 1.65 bits per heavy atom. The average molecular weight is 439 g/mol. The van der Waals surface area contributed by atoms with E-state index in [4.69, 9.17) is 14.0 Å². The first-order valence-corrected chi connectivity index (χ1v) is 11.4. The number of hydrogen-bond donors (Lipinski definition) is 2. The molecule has 1 heterocycles. The van der Waals surface area contributed by atoms with Gasteiger partial charge in [0.25, 0.3) is 0 Å². The lowest BCUT2D eigenvalue weighted by Crippen LogP contribution is -2.30. The van der Waals surface area contributed by atoms with E-state index in [2.05, 4.69) is 10.3 Å². The van der Waals surface area contributed by atoms with Crippen LogP contribution in [0.3, 0.4) is 0 Å². The van der Waals surface area contributed by atoms with E-state index in [-0.39, 0.29) is 0 Å². The van der Waals surface area contributed by atoms with Crippen LogP contribution in [0.2, 0.25) is 0 Å². The first kappa shape index (κ1) is 22.8. The quantitative estimate of drug-likeness (QED) is 0.409. The van der Waals surface area contributed by atoms with Gasteiger partial charge in [-0.15, -0.1) is 0 Å². The highest BCUT2D eigenvalue weighted by Crippen LogP contribution is 2.44. The SMILES string of the molecule is CCOP(OCC)C(Nc1ncc(-c2ccccc2)nc1Cc1ccccc1)C(=O)O. The van der Waals surface area contributed by atoms with Gasteiger partial charge >= 0.3 is 5.97 Å². The van der Waals surface area contributed by atoms with E-state index in [1.165, 1.54) is 0 Å². The number of carboxylic acids is 1. The molecule has 2 aromatic carbocycles. The molecule has 31 heavy (non-hydrogen) atoms. The van der Waals surface area contributed by atoms with Crippen molar-refractivity contribution in [2.45, 2.75) is 26.1 Å². The Morgan fingerprint density at radius 3 is 2.23 bits per heavy atom. The topological polar surface area (TPSA) is 93.6 Å². The summed E-state index contributed by atoms with van der Waals surface area (Å²) in [6, 6.07) is 19.6. The number of benzene rings is 2. The fourth-order valence-electron chi connectivity index (χ4n) is 2.98. The maximum absolute atomic E-state index is 12.0. The molecule has 0 spiro atoms. The monoisotopic (exact) mass is 439 g/mol. The Morgan fingerprint density at radius 1 is 1.03 bits per heavy atom. The van der Waals surface area contributed by atoms with Crippen molar-refractivity contribution in [3.63, 3.8) is 0 Å². The van der Waals surface area contributed by atoms with Crippen LogP contribution < -0.4 is 5.32 Å². The van der Waals surface area contributed by atoms with Crippen LogP contribution in [0.4, 0.5) is 5.82 Å². The van der Waals surface area contributed by atoms with Gasteiger partial charge in [0.05, 0.1) is 30.8 Å². The van der Waals surface area contributed by atoms with Crippen molar-refractivity contribution in [1.29, 1.82) is 0 Å². The first-order valence-electron chi connectivity index (χ1n) is 10.1. The average Bonchev–Trinajstić information content (AvgIpc) is 2.79. The minimum atomic E-state index is -1.69. The molecule has 2 N–H and O–H groups in total. The molecule has 1 unspecified atom stereocenters. The highest BCUT2D eigenvalue weighted by Gasteiger charge is 2.32. The Labute approximate surface area is 183 Å². The minimum absolute atomic E-state index is 0.354. The van der Waals surface area contributed by atoms with Crippen molar-refractivity contribution in [2.24, 2.45) is 0 Å². The van der Waals surface area contributed by atoms with E-state index in [0.717, 1.165) is 16.8 Å². The maximum atomic E-state index is 12.0. The van der Waals surface area contributed by atoms with Gasteiger partial charge < -0.3 is 19.5 Å². The summed E-state index contributed by atoms with van der Waals surface area (Å²) in [6.45, 7) is 4.32. The van der Waals surface area contributed by atoms with Gasteiger partial charge in [-0.25, -0.2) is 14.8 Å². The molecule has 7 nitrogen and oxygen atoms in total. The van der Waals surface area contributed by atoms with Crippen molar-refractivity contribution < 1.29 is 18.9 Å². The van der Waals surface area contributed by atoms with Gasteiger partial charge in [0.1, 0.15) is 5.82 Å². The molecule has 0 aliphatic heterocycles. The summed E-state index contributed by atoms with van der Waals surface area (Å²) in [4.78, 5) is 21.3. The molecule has 8 heteroatoms. The molecule has 0 saturated carbocycles. The minimum Gasteiger partial charge on any atom is -0.479 e. The van der Waals surface area contributed by atoms with Crippen LogP contribution in [0.1, 0.15) is 25.1 Å². The highest BCUT2D eigenvalue weighted by atomic mass is 31.2. The van der Waals surface area contributed by atoms with Crippen LogP contribution in [-0.2, 0) is 20.3 Å². The standard InChI is InChI=1S/C23H26N3O4P/c1-3-29-31(30-4-2)22(23(27)28)26-21-19(15-17-11-7-5-8-12-17)25-20(16-24-21)18-13-9-6-10-14-18/h5-14,16,22H,3-4,15H2,1-2H3,(H,24,26)(H,27,28). The van der Waals surface area contributed by atoms with Crippen LogP contribution in [0.25, 0.3) is 11.3 Å². The molecule has 0 fully saturated rings. The number of rotatable bonds is 11.